The van der Waals surface area contributed by atoms with E-state index in [4.69, 9.17) is 4.74 Å². The number of piperazine rings is 1. The molecular weight excluding hydrogens is 508 g/mol. The number of benzene rings is 2. The molecule has 3 aliphatic rings. The number of halogens is 2. The first-order chi connectivity index (χ1) is 18.9. The van der Waals surface area contributed by atoms with Crippen LogP contribution >= 0.6 is 0 Å². The van der Waals surface area contributed by atoms with Crippen LogP contribution in [-0.4, -0.2) is 65.2 Å². The maximum Gasteiger partial charge on any atom is 0.410 e. The molecule has 1 aliphatic carbocycles. The van der Waals surface area contributed by atoms with Gasteiger partial charge in [0, 0.05) is 63.0 Å². The Bertz CT molecular complexity index is 1190. The van der Waals surface area contributed by atoms with Gasteiger partial charge in [-0.05, 0) is 75.0 Å². The standard InChI is InChI=1S/C33H45F2N3O2/c1-23(2)27-8-6-7-9-28(27)30-22-36(21-24-10-11-25(34)18-29(24)35)16-17-38(30)26-19-33(20-26)12-14-37(15-13-33)31(39)40-32(3,4)5/h6-11,18,23,26,30H,12-17,19-22H2,1-5H3. The number of carbonyl (C=O) groups excluding carboxylic acids is 1. The average molecular weight is 554 g/mol. The van der Waals surface area contributed by atoms with Crippen molar-refractivity contribution in [2.75, 3.05) is 32.7 Å². The summed E-state index contributed by atoms with van der Waals surface area (Å²) in [5.74, 6) is -0.598. The Morgan fingerprint density at radius 2 is 1.73 bits per heavy atom. The SMILES string of the molecule is CC(C)c1ccccc1C1CN(Cc2ccc(F)cc2F)CCN1C1CC2(CCN(C(=O)OC(C)(C)C)CC2)C1. The average Bonchev–Trinajstić information content (AvgIpc) is 2.88. The van der Waals surface area contributed by atoms with Crippen molar-refractivity contribution >= 4 is 6.09 Å². The van der Waals surface area contributed by atoms with Gasteiger partial charge < -0.3 is 9.64 Å². The van der Waals surface area contributed by atoms with Crippen LogP contribution in [0.1, 0.15) is 89.0 Å². The summed E-state index contributed by atoms with van der Waals surface area (Å²) in [7, 11) is 0. The van der Waals surface area contributed by atoms with E-state index in [2.05, 4.69) is 47.9 Å². The highest BCUT2D eigenvalue weighted by atomic mass is 19.1. The van der Waals surface area contributed by atoms with Crippen molar-refractivity contribution in [1.29, 1.82) is 0 Å². The molecule has 5 rings (SSSR count). The number of nitrogens with zero attached hydrogens (tertiary/aromatic N) is 3. The molecule has 2 heterocycles. The highest BCUT2D eigenvalue weighted by Crippen LogP contribution is 2.53. The lowest BCUT2D eigenvalue weighted by molar-refractivity contribution is -0.0783. The van der Waals surface area contributed by atoms with Crippen molar-refractivity contribution in [3.8, 4) is 0 Å². The molecule has 2 aliphatic heterocycles. The molecule has 2 aromatic carbocycles. The summed E-state index contributed by atoms with van der Waals surface area (Å²) in [6.07, 6.45) is 4.17. The summed E-state index contributed by atoms with van der Waals surface area (Å²) in [6, 6.07) is 13.4. The number of rotatable bonds is 5. The fourth-order valence-electron chi connectivity index (χ4n) is 7.01. The molecule has 218 valence electrons. The molecule has 1 saturated carbocycles. The van der Waals surface area contributed by atoms with Crippen LogP contribution in [0.15, 0.2) is 42.5 Å². The minimum atomic E-state index is -0.536. The molecule has 0 radical (unpaired) electrons. The molecule has 5 nitrogen and oxygen atoms in total. The highest BCUT2D eigenvalue weighted by molar-refractivity contribution is 5.68. The van der Waals surface area contributed by atoms with Crippen molar-refractivity contribution in [3.05, 3.63) is 70.8 Å². The van der Waals surface area contributed by atoms with Crippen LogP contribution in [0.3, 0.4) is 0 Å². The van der Waals surface area contributed by atoms with Gasteiger partial charge in [0.2, 0.25) is 0 Å². The van der Waals surface area contributed by atoms with E-state index in [1.165, 1.54) is 17.2 Å². The van der Waals surface area contributed by atoms with E-state index in [0.29, 0.717) is 29.5 Å². The van der Waals surface area contributed by atoms with Crippen molar-refractivity contribution in [3.63, 3.8) is 0 Å². The first-order valence-electron chi connectivity index (χ1n) is 14.9. The molecule has 2 saturated heterocycles. The third-order valence-electron chi connectivity index (χ3n) is 9.17. The van der Waals surface area contributed by atoms with Crippen molar-refractivity contribution in [1.82, 2.24) is 14.7 Å². The lowest BCUT2D eigenvalue weighted by atomic mass is 9.59. The summed E-state index contributed by atoms with van der Waals surface area (Å²) in [5.41, 5.74) is 3.11. The molecule has 2 aromatic rings. The van der Waals surface area contributed by atoms with Crippen LogP contribution in [0, 0.1) is 17.0 Å². The summed E-state index contributed by atoms with van der Waals surface area (Å²) in [4.78, 5) is 19.5. The number of amides is 1. The minimum absolute atomic E-state index is 0.197. The largest absolute Gasteiger partial charge is 0.444 e. The third-order valence-corrected chi connectivity index (χ3v) is 9.17. The first-order valence-corrected chi connectivity index (χ1v) is 14.9. The van der Waals surface area contributed by atoms with Crippen LogP contribution in [0.25, 0.3) is 0 Å². The Morgan fingerprint density at radius 3 is 2.38 bits per heavy atom. The lowest BCUT2D eigenvalue weighted by Gasteiger charge is -2.58. The maximum atomic E-state index is 14.5. The van der Waals surface area contributed by atoms with E-state index in [1.807, 2.05) is 25.7 Å². The van der Waals surface area contributed by atoms with E-state index in [-0.39, 0.29) is 12.1 Å². The molecule has 1 spiro atoms. The summed E-state index contributed by atoms with van der Waals surface area (Å²) >= 11 is 0. The van der Waals surface area contributed by atoms with E-state index >= 15 is 0 Å². The maximum absolute atomic E-state index is 14.5. The fraction of sp³-hybridized carbons (Fsp3) is 0.606. The molecule has 0 N–H and O–H groups in total. The normalized spacial score (nSPS) is 22.5. The Hall–Kier alpha value is -2.51. The van der Waals surface area contributed by atoms with Gasteiger partial charge in [-0.25, -0.2) is 13.6 Å². The second-order valence-electron chi connectivity index (χ2n) is 13.5. The van der Waals surface area contributed by atoms with Gasteiger partial charge in [-0.1, -0.05) is 44.2 Å². The molecular formula is C33H45F2N3O2. The Kier molecular flexibility index (Phi) is 8.27. The topological polar surface area (TPSA) is 36.0 Å². The number of ether oxygens (including phenoxy) is 1. The van der Waals surface area contributed by atoms with Crippen LogP contribution < -0.4 is 0 Å². The zero-order valence-electron chi connectivity index (χ0n) is 24.8. The van der Waals surface area contributed by atoms with Gasteiger partial charge in [0.05, 0.1) is 0 Å². The molecule has 1 amide bonds. The van der Waals surface area contributed by atoms with Gasteiger partial charge in [0.1, 0.15) is 17.2 Å². The zero-order chi connectivity index (χ0) is 28.7. The Balaban J connectivity index is 1.28. The Morgan fingerprint density at radius 1 is 1.02 bits per heavy atom. The van der Waals surface area contributed by atoms with Crippen molar-refractivity contribution in [2.45, 2.75) is 90.4 Å². The molecule has 40 heavy (non-hydrogen) atoms. The molecule has 1 atom stereocenters. The monoisotopic (exact) mass is 553 g/mol. The second kappa shape index (κ2) is 11.4. The third kappa shape index (κ3) is 6.36. The minimum Gasteiger partial charge on any atom is -0.444 e. The fourth-order valence-corrected chi connectivity index (χ4v) is 7.01. The number of carbonyl (C=O) groups is 1. The summed E-state index contributed by atoms with van der Waals surface area (Å²) < 4.78 is 33.6. The van der Waals surface area contributed by atoms with E-state index in [0.717, 1.165) is 64.5 Å². The zero-order valence-corrected chi connectivity index (χ0v) is 24.8. The van der Waals surface area contributed by atoms with Gasteiger partial charge in [-0.2, -0.15) is 0 Å². The van der Waals surface area contributed by atoms with Gasteiger partial charge in [0.15, 0.2) is 0 Å². The molecule has 3 fully saturated rings. The molecule has 0 bridgehead atoms. The van der Waals surface area contributed by atoms with Crippen molar-refractivity contribution < 1.29 is 18.3 Å². The van der Waals surface area contributed by atoms with E-state index in [9.17, 15) is 13.6 Å². The quantitative estimate of drug-likeness (QED) is 0.395. The van der Waals surface area contributed by atoms with Crippen LogP contribution in [-0.2, 0) is 11.3 Å². The van der Waals surface area contributed by atoms with Crippen LogP contribution in [0.5, 0.6) is 0 Å². The molecule has 7 heteroatoms. The van der Waals surface area contributed by atoms with Gasteiger partial charge in [-0.15, -0.1) is 0 Å². The highest BCUT2D eigenvalue weighted by Gasteiger charge is 2.50. The summed E-state index contributed by atoms with van der Waals surface area (Å²) in [5, 5.41) is 0. The van der Waals surface area contributed by atoms with E-state index < -0.39 is 17.2 Å². The number of hydrogen-bond acceptors (Lipinski definition) is 4. The van der Waals surface area contributed by atoms with Gasteiger partial charge in [0.25, 0.3) is 0 Å². The smallest absolute Gasteiger partial charge is 0.410 e. The molecule has 0 aromatic heterocycles. The second-order valence-corrected chi connectivity index (χ2v) is 13.5. The summed E-state index contributed by atoms with van der Waals surface area (Å²) in [6.45, 7) is 14.8. The van der Waals surface area contributed by atoms with Crippen LogP contribution in [0.4, 0.5) is 13.6 Å². The molecule has 1 unspecified atom stereocenters. The number of piperidine rings is 1. The van der Waals surface area contributed by atoms with Gasteiger partial charge in [-0.3, -0.25) is 9.80 Å². The first kappa shape index (κ1) is 29.0. The lowest BCUT2D eigenvalue weighted by Crippen LogP contribution is -2.60. The van der Waals surface area contributed by atoms with E-state index in [1.54, 1.807) is 6.07 Å². The predicted octanol–water partition coefficient (Wildman–Crippen LogP) is 7.13. The van der Waals surface area contributed by atoms with Crippen molar-refractivity contribution in [2.24, 2.45) is 5.41 Å². The van der Waals surface area contributed by atoms with Crippen LogP contribution in [0.2, 0.25) is 0 Å². The number of hydrogen-bond donors (Lipinski definition) is 0. The Labute approximate surface area is 238 Å². The number of likely N-dealkylation sites (tertiary alicyclic amines) is 1. The predicted molar refractivity (Wildman–Crippen MR) is 154 cm³/mol. The van der Waals surface area contributed by atoms with Gasteiger partial charge >= 0.3 is 6.09 Å².